The summed E-state index contributed by atoms with van der Waals surface area (Å²) in [6.07, 6.45) is 2.68. The maximum absolute atomic E-state index is 11.0. The lowest BCUT2D eigenvalue weighted by atomic mass is 10.1. The van der Waals surface area contributed by atoms with Gasteiger partial charge in [0.2, 0.25) is 0 Å². The van der Waals surface area contributed by atoms with Gasteiger partial charge >= 0.3 is 0 Å². The number of carbonyl (C=O) groups is 1. The van der Waals surface area contributed by atoms with Crippen LogP contribution in [0.15, 0.2) is 18.3 Å². The largest absolute Gasteiger partial charge is 0.384 e. The normalized spacial score (nSPS) is 9.75. The third kappa shape index (κ3) is 2.34. The van der Waals surface area contributed by atoms with E-state index in [2.05, 4.69) is 4.98 Å². The maximum Gasteiger partial charge on any atom is 0.137 e. The number of hydrogen-bond acceptors (Lipinski definition) is 3. The molecule has 0 saturated heterocycles. The predicted octanol–water partition coefficient (Wildman–Crippen LogP) is 1.19. The molecule has 0 unspecified atom stereocenters. The molecule has 2 N–H and O–H groups in total. The van der Waals surface area contributed by atoms with Crippen molar-refractivity contribution >= 4 is 11.6 Å². The van der Waals surface area contributed by atoms with E-state index in [0.29, 0.717) is 18.7 Å². The lowest BCUT2D eigenvalue weighted by Gasteiger charge is -1.98. The molecular weight excluding hydrogens is 152 g/mol. The fraction of sp³-hybridized carbons (Fsp3) is 0.333. The molecule has 0 saturated carbocycles. The Morgan fingerprint density at radius 1 is 1.58 bits per heavy atom. The first-order valence-corrected chi connectivity index (χ1v) is 3.94. The summed E-state index contributed by atoms with van der Waals surface area (Å²) >= 11 is 0. The van der Waals surface area contributed by atoms with E-state index in [1.54, 1.807) is 12.3 Å². The van der Waals surface area contributed by atoms with Gasteiger partial charge in [-0.3, -0.25) is 4.79 Å². The van der Waals surface area contributed by atoms with Crippen LogP contribution < -0.4 is 5.73 Å². The average molecular weight is 164 g/mol. The first-order valence-electron chi connectivity index (χ1n) is 3.94. The Morgan fingerprint density at radius 2 is 2.33 bits per heavy atom. The lowest BCUT2D eigenvalue weighted by Crippen LogP contribution is -2.01. The van der Waals surface area contributed by atoms with Crippen LogP contribution in [0, 0.1) is 0 Å². The minimum Gasteiger partial charge on any atom is -0.384 e. The number of nitrogen functional groups attached to an aromatic ring is 1. The molecule has 1 heterocycles. The number of Topliss-reactive ketones (excluding diaryl/α,β-unsaturated/α-hetero) is 1. The standard InChI is InChI=1S/C9H12N2O/c1-2-8(12)5-7-3-4-9(10)11-6-7/h3-4,6H,2,5H2,1H3,(H2,10,11). The molecule has 64 valence electrons. The summed E-state index contributed by atoms with van der Waals surface area (Å²) in [7, 11) is 0. The van der Waals surface area contributed by atoms with E-state index in [1.807, 2.05) is 13.0 Å². The number of carbonyl (C=O) groups excluding carboxylic acids is 1. The third-order valence-corrected chi connectivity index (χ3v) is 1.64. The van der Waals surface area contributed by atoms with Crippen molar-refractivity contribution in [3.8, 4) is 0 Å². The number of rotatable bonds is 3. The van der Waals surface area contributed by atoms with Crippen LogP contribution >= 0.6 is 0 Å². The van der Waals surface area contributed by atoms with Crippen molar-refractivity contribution in [2.75, 3.05) is 5.73 Å². The Morgan fingerprint density at radius 3 is 2.83 bits per heavy atom. The maximum atomic E-state index is 11.0. The highest BCUT2D eigenvalue weighted by molar-refractivity contribution is 5.80. The van der Waals surface area contributed by atoms with E-state index in [1.165, 1.54) is 0 Å². The molecule has 0 spiro atoms. The number of nitrogens with zero attached hydrogens (tertiary/aromatic N) is 1. The molecule has 0 aliphatic heterocycles. The smallest absolute Gasteiger partial charge is 0.137 e. The van der Waals surface area contributed by atoms with Gasteiger partial charge in [-0.1, -0.05) is 13.0 Å². The minimum atomic E-state index is 0.224. The molecule has 12 heavy (non-hydrogen) atoms. The Kier molecular flexibility index (Phi) is 2.80. The molecule has 0 amide bonds. The zero-order valence-electron chi connectivity index (χ0n) is 7.08. The predicted molar refractivity (Wildman–Crippen MR) is 47.7 cm³/mol. The van der Waals surface area contributed by atoms with E-state index in [-0.39, 0.29) is 5.78 Å². The van der Waals surface area contributed by atoms with Gasteiger partial charge in [0.25, 0.3) is 0 Å². The van der Waals surface area contributed by atoms with Gasteiger partial charge in [0, 0.05) is 19.0 Å². The topological polar surface area (TPSA) is 56.0 Å². The zero-order valence-corrected chi connectivity index (χ0v) is 7.08. The van der Waals surface area contributed by atoms with Crippen molar-refractivity contribution in [1.29, 1.82) is 0 Å². The van der Waals surface area contributed by atoms with Gasteiger partial charge in [-0.05, 0) is 11.6 Å². The molecule has 0 atom stereocenters. The van der Waals surface area contributed by atoms with Crippen molar-refractivity contribution in [3.63, 3.8) is 0 Å². The fourth-order valence-corrected chi connectivity index (χ4v) is 0.893. The highest BCUT2D eigenvalue weighted by atomic mass is 16.1. The zero-order chi connectivity index (χ0) is 8.97. The van der Waals surface area contributed by atoms with Crippen LogP contribution in [0.2, 0.25) is 0 Å². The van der Waals surface area contributed by atoms with Gasteiger partial charge in [-0.2, -0.15) is 0 Å². The van der Waals surface area contributed by atoms with Gasteiger partial charge in [-0.25, -0.2) is 4.98 Å². The molecule has 3 heteroatoms. The summed E-state index contributed by atoms with van der Waals surface area (Å²) in [5.41, 5.74) is 6.32. The van der Waals surface area contributed by atoms with E-state index in [4.69, 9.17) is 5.73 Å². The Labute approximate surface area is 71.6 Å². The first-order chi connectivity index (χ1) is 5.72. The molecule has 0 aliphatic carbocycles. The third-order valence-electron chi connectivity index (χ3n) is 1.64. The Bertz CT molecular complexity index is 266. The molecular formula is C9H12N2O. The summed E-state index contributed by atoms with van der Waals surface area (Å²) < 4.78 is 0. The molecule has 0 fully saturated rings. The fourth-order valence-electron chi connectivity index (χ4n) is 0.893. The van der Waals surface area contributed by atoms with Crippen LogP contribution in [0.4, 0.5) is 5.82 Å². The molecule has 0 radical (unpaired) electrons. The number of aromatic nitrogens is 1. The molecule has 0 aromatic carbocycles. The van der Waals surface area contributed by atoms with Gasteiger partial charge in [0.05, 0.1) is 0 Å². The minimum absolute atomic E-state index is 0.224. The summed E-state index contributed by atoms with van der Waals surface area (Å²) in [6.45, 7) is 1.85. The summed E-state index contributed by atoms with van der Waals surface area (Å²) in [4.78, 5) is 14.9. The van der Waals surface area contributed by atoms with Crippen molar-refractivity contribution in [3.05, 3.63) is 23.9 Å². The second-order valence-corrected chi connectivity index (χ2v) is 2.66. The second-order valence-electron chi connectivity index (χ2n) is 2.66. The summed E-state index contributed by atoms with van der Waals surface area (Å²) in [5, 5.41) is 0. The van der Waals surface area contributed by atoms with E-state index in [0.717, 1.165) is 5.56 Å². The summed E-state index contributed by atoms with van der Waals surface area (Å²) in [5.74, 6) is 0.712. The van der Waals surface area contributed by atoms with Gasteiger partial charge in [0.1, 0.15) is 11.6 Å². The molecule has 3 nitrogen and oxygen atoms in total. The molecule has 0 aliphatic rings. The van der Waals surface area contributed by atoms with E-state index in [9.17, 15) is 4.79 Å². The molecule has 1 rings (SSSR count). The number of hydrogen-bond donors (Lipinski definition) is 1. The average Bonchev–Trinajstić information content (AvgIpc) is 2.09. The number of anilines is 1. The van der Waals surface area contributed by atoms with Gasteiger partial charge < -0.3 is 5.73 Å². The van der Waals surface area contributed by atoms with Crippen molar-refractivity contribution in [2.45, 2.75) is 19.8 Å². The van der Waals surface area contributed by atoms with Crippen molar-refractivity contribution in [1.82, 2.24) is 4.98 Å². The van der Waals surface area contributed by atoms with Crippen LogP contribution in [0.3, 0.4) is 0 Å². The Hall–Kier alpha value is -1.38. The number of ketones is 1. The summed E-state index contributed by atoms with van der Waals surface area (Å²) in [6, 6.07) is 3.54. The van der Waals surface area contributed by atoms with Crippen LogP contribution in [-0.2, 0) is 11.2 Å². The van der Waals surface area contributed by atoms with E-state index >= 15 is 0 Å². The first kappa shape index (κ1) is 8.71. The van der Waals surface area contributed by atoms with E-state index < -0.39 is 0 Å². The monoisotopic (exact) mass is 164 g/mol. The molecule has 1 aromatic heterocycles. The van der Waals surface area contributed by atoms with Gasteiger partial charge in [0.15, 0.2) is 0 Å². The Balaban J connectivity index is 2.64. The molecule has 1 aromatic rings. The SMILES string of the molecule is CCC(=O)Cc1ccc(N)nc1. The van der Waals surface area contributed by atoms with Crippen molar-refractivity contribution < 1.29 is 4.79 Å². The quantitative estimate of drug-likeness (QED) is 0.730. The highest BCUT2D eigenvalue weighted by Crippen LogP contribution is 2.03. The van der Waals surface area contributed by atoms with Crippen LogP contribution in [0.1, 0.15) is 18.9 Å². The second kappa shape index (κ2) is 3.85. The molecule has 0 bridgehead atoms. The van der Waals surface area contributed by atoms with Crippen molar-refractivity contribution in [2.24, 2.45) is 0 Å². The van der Waals surface area contributed by atoms with Gasteiger partial charge in [-0.15, -0.1) is 0 Å². The highest BCUT2D eigenvalue weighted by Gasteiger charge is 2.00. The van der Waals surface area contributed by atoms with Crippen LogP contribution in [-0.4, -0.2) is 10.8 Å². The number of nitrogens with two attached hydrogens (primary N) is 1. The number of pyridine rings is 1. The lowest BCUT2D eigenvalue weighted by molar-refractivity contribution is -0.118. The van der Waals surface area contributed by atoms with Crippen LogP contribution in [0.5, 0.6) is 0 Å². The van der Waals surface area contributed by atoms with Crippen LogP contribution in [0.25, 0.3) is 0 Å².